The van der Waals surface area contributed by atoms with E-state index >= 15 is 0 Å². The lowest BCUT2D eigenvalue weighted by molar-refractivity contribution is 0.257. The topological polar surface area (TPSA) is 28.4 Å². The van der Waals surface area contributed by atoms with Crippen LogP contribution in [0.3, 0.4) is 0 Å². The summed E-state index contributed by atoms with van der Waals surface area (Å²) in [5, 5.41) is 3.39. The number of hydrogen-bond donors (Lipinski definition) is 1. The second-order valence-electron chi connectivity index (χ2n) is 4.13. The predicted octanol–water partition coefficient (Wildman–Crippen LogP) is 1.32. The molecule has 0 aromatic carbocycles. The maximum Gasteiger partial charge on any atom is 0.117 e. The SMILES string of the molecule is CN(Cc1ccco1)CC1CCNC1. The molecular weight excluding hydrogens is 176 g/mol. The van der Waals surface area contributed by atoms with Gasteiger partial charge in [-0.3, -0.25) is 4.90 Å². The van der Waals surface area contributed by atoms with Crippen molar-refractivity contribution < 1.29 is 4.42 Å². The summed E-state index contributed by atoms with van der Waals surface area (Å²) in [4.78, 5) is 2.33. The molecule has 1 aliphatic rings. The van der Waals surface area contributed by atoms with Crippen LogP contribution < -0.4 is 5.32 Å². The first kappa shape index (κ1) is 9.74. The van der Waals surface area contributed by atoms with Crippen LogP contribution in [-0.2, 0) is 6.54 Å². The molecule has 1 aromatic rings. The molecule has 1 fully saturated rings. The van der Waals surface area contributed by atoms with Gasteiger partial charge in [0.2, 0.25) is 0 Å². The highest BCUT2D eigenvalue weighted by Gasteiger charge is 2.16. The van der Waals surface area contributed by atoms with Crippen LogP contribution >= 0.6 is 0 Å². The highest BCUT2D eigenvalue weighted by molar-refractivity contribution is 4.97. The van der Waals surface area contributed by atoms with E-state index in [1.54, 1.807) is 6.26 Å². The molecule has 14 heavy (non-hydrogen) atoms. The minimum absolute atomic E-state index is 0.815. The fraction of sp³-hybridized carbons (Fsp3) is 0.636. The molecule has 1 aliphatic heterocycles. The van der Waals surface area contributed by atoms with Crippen molar-refractivity contribution in [1.29, 1.82) is 0 Å². The molecule has 0 spiro atoms. The molecule has 3 nitrogen and oxygen atoms in total. The first-order chi connectivity index (χ1) is 6.84. The van der Waals surface area contributed by atoms with Crippen LogP contribution in [-0.4, -0.2) is 31.6 Å². The molecular formula is C11H18N2O. The third kappa shape index (κ3) is 2.59. The lowest BCUT2D eigenvalue weighted by Gasteiger charge is -2.18. The summed E-state index contributed by atoms with van der Waals surface area (Å²) in [5.74, 6) is 1.87. The first-order valence-electron chi connectivity index (χ1n) is 5.26. The standard InChI is InChI=1S/C11H18N2O/c1-13(8-10-4-5-12-7-10)9-11-3-2-6-14-11/h2-3,6,10,12H,4-5,7-9H2,1H3. The Labute approximate surface area is 85.1 Å². The van der Waals surface area contributed by atoms with Gasteiger partial charge in [0, 0.05) is 6.54 Å². The summed E-state index contributed by atoms with van der Waals surface area (Å²) in [6.07, 6.45) is 3.04. The molecule has 0 radical (unpaired) electrons. The second kappa shape index (κ2) is 4.62. The Morgan fingerprint density at radius 3 is 3.21 bits per heavy atom. The summed E-state index contributed by atoms with van der Waals surface area (Å²) in [7, 11) is 2.15. The minimum atomic E-state index is 0.815. The van der Waals surface area contributed by atoms with E-state index in [9.17, 15) is 0 Å². The van der Waals surface area contributed by atoms with Crippen LogP contribution in [0, 0.1) is 5.92 Å². The molecule has 2 heterocycles. The van der Waals surface area contributed by atoms with Crippen LogP contribution in [0.25, 0.3) is 0 Å². The molecule has 0 saturated carbocycles. The Morgan fingerprint density at radius 1 is 1.64 bits per heavy atom. The summed E-state index contributed by atoms with van der Waals surface area (Å²) in [6, 6.07) is 3.98. The van der Waals surface area contributed by atoms with Gasteiger partial charge < -0.3 is 9.73 Å². The fourth-order valence-electron chi connectivity index (χ4n) is 2.04. The molecule has 1 atom stereocenters. The van der Waals surface area contributed by atoms with Crippen molar-refractivity contribution in [3.8, 4) is 0 Å². The van der Waals surface area contributed by atoms with Gasteiger partial charge in [0.25, 0.3) is 0 Å². The van der Waals surface area contributed by atoms with Crippen molar-refractivity contribution in [2.45, 2.75) is 13.0 Å². The summed E-state index contributed by atoms with van der Waals surface area (Å²) < 4.78 is 5.31. The van der Waals surface area contributed by atoms with Gasteiger partial charge in [0.05, 0.1) is 12.8 Å². The molecule has 1 N–H and O–H groups in total. The Kier molecular flexibility index (Phi) is 3.22. The first-order valence-corrected chi connectivity index (χ1v) is 5.26. The fourth-order valence-corrected chi connectivity index (χ4v) is 2.04. The number of furan rings is 1. The Morgan fingerprint density at radius 2 is 2.57 bits per heavy atom. The van der Waals surface area contributed by atoms with Crippen molar-refractivity contribution in [2.75, 3.05) is 26.7 Å². The molecule has 0 bridgehead atoms. The zero-order valence-corrected chi connectivity index (χ0v) is 8.70. The summed E-state index contributed by atoms with van der Waals surface area (Å²) in [6.45, 7) is 4.43. The number of hydrogen-bond acceptors (Lipinski definition) is 3. The number of nitrogens with zero attached hydrogens (tertiary/aromatic N) is 1. The highest BCUT2D eigenvalue weighted by atomic mass is 16.3. The van der Waals surface area contributed by atoms with Crippen molar-refractivity contribution in [2.24, 2.45) is 5.92 Å². The summed E-state index contributed by atoms with van der Waals surface area (Å²) >= 11 is 0. The van der Waals surface area contributed by atoms with Crippen LogP contribution in [0.2, 0.25) is 0 Å². The normalized spacial score (nSPS) is 22.0. The molecule has 3 heteroatoms. The smallest absolute Gasteiger partial charge is 0.117 e. The van der Waals surface area contributed by atoms with Crippen LogP contribution in [0.5, 0.6) is 0 Å². The molecule has 1 aromatic heterocycles. The van der Waals surface area contributed by atoms with Gasteiger partial charge in [-0.2, -0.15) is 0 Å². The Bertz CT molecular complexity index is 252. The third-order valence-electron chi connectivity index (χ3n) is 2.74. The van der Waals surface area contributed by atoms with E-state index in [0.717, 1.165) is 24.8 Å². The van der Waals surface area contributed by atoms with Crippen LogP contribution in [0.15, 0.2) is 22.8 Å². The predicted molar refractivity (Wildman–Crippen MR) is 56.0 cm³/mol. The monoisotopic (exact) mass is 194 g/mol. The van der Waals surface area contributed by atoms with Crippen LogP contribution in [0.4, 0.5) is 0 Å². The minimum Gasteiger partial charge on any atom is -0.468 e. The van der Waals surface area contributed by atoms with Crippen molar-refractivity contribution >= 4 is 0 Å². The van der Waals surface area contributed by atoms with Gasteiger partial charge in [0.1, 0.15) is 5.76 Å². The van der Waals surface area contributed by atoms with Gasteiger partial charge in [-0.1, -0.05) is 0 Å². The lowest BCUT2D eigenvalue weighted by atomic mass is 10.1. The Balaban J connectivity index is 1.75. The summed E-state index contributed by atoms with van der Waals surface area (Å²) in [5.41, 5.74) is 0. The van der Waals surface area contributed by atoms with Gasteiger partial charge in [-0.25, -0.2) is 0 Å². The maximum atomic E-state index is 5.31. The quantitative estimate of drug-likeness (QED) is 0.783. The van der Waals surface area contributed by atoms with Gasteiger partial charge in [-0.05, 0) is 44.6 Å². The molecule has 1 saturated heterocycles. The molecule has 78 valence electrons. The second-order valence-corrected chi connectivity index (χ2v) is 4.13. The number of rotatable bonds is 4. The van der Waals surface area contributed by atoms with Gasteiger partial charge in [0.15, 0.2) is 0 Å². The lowest BCUT2D eigenvalue weighted by Crippen LogP contribution is -2.26. The zero-order valence-electron chi connectivity index (χ0n) is 8.70. The maximum absolute atomic E-state index is 5.31. The van der Waals surface area contributed by atoms with E-state index in [0.29, 0.717) is 0 Å². The molecule has 0 aliphatic carbocycles. The number of nitrogens with one attached hydrogen (secondary N) is 1. The van der Waals surface area contributed by atoms with E-state index in [-0.39, 0.29) is 0 Å². The van der Waals surface area contributed by atoms with Crippen molar-refractivity contribution in [3.63, 3.8) is 0 Å². The van der Waals surface area contributed by atoms with Crippen LogP contribution in [0.1, 0.15) is 12.2 Å². The van der Waals surface area contributed by atoms with E-state index in [1.165, 1.54) is 19.5 Å². The van der Waals surface area contributed by atoms with E-state index in [1.807, 2.05) is 12.1 Å². The van der Waals surface area contributed by atoms with E-state index in [2.05, 4.69) is 17.3 Å². The molecule has 1 unspecified atom stereocenters. The molecule has 0 amide bonds. The highest BCUT2D eigenvalue weighted by Crippen LogP contribution is 2.11. The van der Waals surface area contributed by atoms with Crippen molar-refractivity contribution in [3.05, 3.63) is 24.2 Å². The Hall–Kier alpha value is -0.800. The average Bonchev–Trinajstić information content (AvgIpc) is 2.76. The van der Waals surface area contributed by atoms with Gasteiger partial charge >= 0.3 is 0 Å². The largest absolute Gasteiger partial charge is 0.468 e. The van der Waals surface area contributed by atoms with E-state index in [4.69, 9.17) is 4.42 Å². The average molecular weight is 194 g/mol. The van der Waals surface area contributed by atoms with E-state index < -0.39 is 0 Å². The van der Waals surface area contributed by atoms with Gasteiger partial charge in [-0.15, -0.1) is 0 Å². The zero-order chi connectivity index (χ0) is 9.80. The third-order valence-corrected chi connectivity index (χ3v) is 2.74. The molecule has 2 rings (SSSR count). The van der Waals surface area contributed by atoms with Crippen molar-refractivity contribution in [1.82, 2.24) is 10.2 Å².